The molecule has 0 aliphatic rings. The van der Waals surface area contributed by atoms with Crippen LogP contribution in [0.1, 0.15) is 28.4 Å². The van der Waals surface area contributed by atoms with Gasteiger partial charge in [0.2, 0.25) is 0 Å². The molecule has 1 aromatic carbocycles. The van der Waals surface area contributed by atoms with Gasteiger partial charge in [0.25, 0.3) is 5.69 Å². The molecule has 1 N–H and O–H groups in total. The van der Waals surface area contributed by atoms with E-state index in [1.807, 2.05) is 6.92 Å². The molecular formula is C13H12F3N3O2S. The maximum atomic E-state index is 12.9. The van der Waals surface area contributed by atoms with Gasteiger partial charge in [0.15, 0.2) is 0 Å². The summed E-state index contributed by atoms with van der Waals surface area (Å²) >= 11 is 1.43. The number of nitro groups is 1. The fraction of sp³-hybridized carbons (Fsp3) is 0.308. The fourth-order valence-corrected chi connectivity index (χ4v) is 2.67. The van der Waals surface area contributed by atoms with Gasteiger partial charge in [0, 0.05) is 22.8 Å². The second-order valence-corrected chi connectivity index (χ2v) is 5.93. The number of hydrogen-bond acceptors (Lipinski definition) is 5. The van der Waals surface area contributed by atoms with E-state index in [-0.39, 0.29) is 11.7 Å². The van der Waals surface area contributed by atoms with Crippen LogP contribution in [0.4, 0.5) is 24.5 Å². The summed E-state index contributed by atoms with van der Waals surface area (Å²) in [5.41, 5.74) is -2.08. The highest BCUT2D eigenvalue weighted by Crippen LogP contribution is 2.38. The normalized spacial score (nSPS) is 13.0. The molecule has 22 heavy (non-hydrogen) atoms. The van der Waals surface area contributed by atoms with E-state index in [2.05, 4.69) is 10.3 Å². The van der Waals surface area contributed by atoms with Crippen molar-refractivity contribution in [2.75, 3.05) is 5.32 Å². The van der Waals surface area contributed by atoms with Gasteiger partial charge in [-0.05, 0) is 26.0 Å². The number of alkyl halides is 3. The molecule has 5 nitrogen and oxygen atoms in total. The van der Waals surface area contributed by atoms with Crippen LogP contribution in [0.3, 0.4) is 0 Å². The molecule has 0 amide bonds. The number of nitro benzene ring substituents is 1. The zero-order valence-corrected chi connectivity index (χ0v) is 12.5. The summed E-state index contributed by atoms with van der Waals surface area (Å²) in [6, 6.07) is 2.55. The molecule has 0 fully saturated rings. The van der Waals surface area contributed by atoms with E-state index in [9.17, 15) is 23.3 Å². The van der Waals surface area contributed by atoms with Gasteiger partial charge in [-0.25, -0.2) is 4.98 Å². The van der Waals surface area contributed by atoms with Crippen LogP contribution in [-0.4, -0.2) is 9.91 Å². The van der Waals surface area contributed by atoms with Gasteiger partial charge in [0.1, 0.15) is 10.6 Å². The molecule has 0 aliphatic heterocycles. The molecule has 118 valence electrons. The molecule has 0 bridgehead atoms. The average Bonchev–Trinajstić information content (AvgIpc) is 2.84. The Hall–Kier alpha value is -2.16. The zero-order chi connectivity index (χ0) is 16.5. The molecule has 0 spiro atoms. The lowest BCUT2D eigenvalue weighted by molar-refractivity contribution is -0.388. The SMILES string of the molecule is Cc1cnc(C(C)Nc2ccc([N+](=O)[O-])c(C(F)(F)F)c2)s1. The first-order valence-electron chi connectivity index (χ1n) is 6.23. The topological polar surface area (TPSA) is 68.1 Å². The lowest BCUT2D eigenvalue weighted by atomic mass is 10.1. The van der Waals surface area contributed by atoms with Crippen molar-refractivity contribution < 1.29 is 18.1 Å². The largest absolute Gasteiger partial charge is 0.423 e. The van der Waals surface area contributed by atoms with Crippen LogP contribution >= 0.6 is 11.3 Å². The summed E-state index contributed by atoms with van der Waals surface area (Å²) in [7, 11) is 0. The van der Waals surface area contributed by atoms with Crippen molar-refractivity contribution in [1.82, 2.24) is 4.98 Å². The van der Waals surface area contributed by atoms with Crippen LogP contribution in [0, 0.1) is 17.0 Å². The third-order valence-electron chi connectivity index (χ3n) is 2.89. The van der Waals surface area contributed by atoms with Crippen molar-refractivity contribution in [3.05, 3.63) is 50.0 Å². The van der Waals surface area contributed by atoms with Crippen LogP contribution in [0.5, 0.6) is 0 Å². The van der Waals surface area contributed by atoms with Gasteiger partial charge in [-0.15, -0.1) is 11.3 Å². The number of nitrogens with zero attached hydrogens (tertiary/aromatic N) is 2. The molecule has 2 rings (SSSR count). The number of benzene rings is 1. The predicted molar refractivity (Wildman–Crippen MR) is 77.0 cm³/mol. The van der Waals surface area contributed by atoms with Crippen molar-refractivity contribution in [3.8, 4) is 0 Å². The molecule has 9 heteroatoms. The van der Waals surface area contributed by atoms with Crippen LogP contribution in [0.2, 0.25) is 0 Å². The number of thiazole rings is 1. The molecule has 2 aromatic rings. The van der Waals surface area contributed by atoms with Crippen LogP contribution in [0.25, 0.3) is 0 Å². The van der Waals surface area contributed by atoms with Gasteiger partial charge < -0.3 is 5.32 Å². The Morgan fingerprint density at radius 2 is 2.09 bits per heavy atom. The Kier molecular flexibility index (Phi) is 4.36. The van der Waals surface area contributed by atoms with Gasteiger partial charge in [-0.2, -0.15) is 13.2 Å². The number of nitrogens with one attached hydrogen (secondary N) is 1. The predicted octanol–water partition coefficient (Wildman–Crippen LogP) is 4.55. The summed E-state index contributed by atoms with van der Waals surface area (Å²) in [6.45, 7) is 3.63. The van der Waals surface area contributed by atoms with E-state index >= 15 is 0 Å². The molecule has 0 radical (unpaired) electrons. The summed E-state index contributed by atoms with van der Waals surface area (Å²) < 4.78 is 38.7. The lowest BCUT2D eigenvalue weighted by Gasteiger charge is -2.15. The molecular weight excluding hydrogens is 319 g/mol. The Balaban J connectivity index is 2.31. The first-order chi connectivity index (χ1) is 10.2. The second kappa shape index (κ2) is 5.91. The van der Waals surface area contributed by atoms with Crippen molar-refractivity contribution in [2.45, 2.75) is 26.1 Å². The molecule has 1 atom stereocenters. The Morgan fingerprint density at radius 3 is 2.59 bits per heavy atom. The third kappa shape index (κ3) is 3.53. The van der Waals surface area contributed by atoms with Crippen LogP contribution < -0.4 is 5.32 Å². The average molecular weight is 331 g/mol. The number of aryl methyl sites for hydroxylation is 1. The first kappa shape index (κ1) is 16.2. The van der Waals surface area contributed by atoms with E-state index in [4.69, 9.17) is 0 Å². The number of rotatable bonds is 4. The summed E-state index contributed by atoms with van der Waals surface area (Å²) in [4.78, 5) is 14.8. The summed E-state index contributed by atoms with van der Waals surface area (Å²) in [6.07, 6.45) is -3.11. The van der Waals surface area contributed by atoms with E-state index in [0.717, 1.165) is 22.0 Å². The highest BCUT2D eigenvalue weighted by atomic mass is 32.1. The van der Waals surface area contributed by atoms with Gasteiger partial charge in [-0.1, -0.05) is 0 Å². The van der Waals surface area contributed by atoms with E-state index in [0.29, 0.717) is 0 Å². The minimum Gasteiger partial charge on any atom is -0.376 e. The lowest BCUT2D eigenvalue weighted by Crippen LogP contribution is -2.11. The van der Waals surface area contributed by atoms with Gasteiger partial charge >= 0.3 is 6.18 Å². The Morgan fingerprint density at radius 1 is 1.41 bits per heavy atom. The Labute approximate surface area is 128 Å². The number of aromatic nitrogens is 1. The van der Waals surface area contributed by atoms with Gasteiger partial charge in [-0.3, -0.25) is 10.1 Å². The summed E-state index contributed by atoms with van der Waals surface area (Å²) in [5.74, 6) is 0. The second-order valence-electron chi connectivity index (χ2n) is 4.66. The molecule has 1 unspecified atom stereocenters. The highest BCUT2D eigenvalue weighted by Gasteiger charge is 2.38. The quantitative estimate of drug-likeness (QED) is 0.659. The standard InChI is InChI=1S/C13H12F3N3O2S/c1-7-6-17-12(22-7)8(2)18-9-3-4-11(19(20)21)10(5-9)13(14,15)16/h3-6,8,18H,1-2H3. The van der Waals surface area contributed by atoms with E-state index in [1.165, 1.54) is 17.4 Å². The smallest absolute Gasteiger partial charge is 0.376 e. The van der Waals surface area contributed by atoms with Crippen molar-refractivity contribution in [1.29, 1.82) is 0 Å². The number of halogens is 3. The molecule has 1 aromatic heterocycles. The Bertz CT molecular complexity index is 700. The van der Waals surface area contributed by atoms with Crippen molar-refractivity contribution >= 4 is 22.7 Å². The van der Waals surface area contributed by atoms with Crippen LogP contribution in [-0.2, 0) is 6.18 Å². The van der Waals surface area contributed by atoms with Gasteiger partial charge in [0.05, 0.1) is 11.0 Å². The van der Waals surface area contributed by atoms with Crippen molar-refractivity contribution in [3.63, 3.8) is 0 Å². The third-order valence-corrected chi connectivity index (χ3v) is 3.99. The molecule has 0 saturated heterocycles. The number of anilines is 1. The number of hydrogen-bond donors (Lipinski definition) is 1. The molecule has 0 saturated carbocycles. The van der Waals surface area contributed by atoms with Crippen LogP contribution in [0.15, 0.2) is 24.4 Å². The van der Waals surface area contributed by atoms with E-state index in [1.54, 1.807) is 13.1 Å². The monoisotopic (exact) mass is 331 g/mol. The highest BCUT2D eigenvalue weighted by molar-refractivity contribution is 7.11. The maximum absolute atomic E-state index is 12.9. The van der Waals surface area contributed by atoms with E-state index < -0.39 is 22.4 Å². The zero-order valence-electron chi connectivity index (χ0n) is 11.6. The van der Waals surface area contributed by atoms with Crippen molar-refractivity contribution in [2.24, 2.45) is 0 Å². The summed E-state index contributed by atoms with van der Waals surface area (Å²) in [5, 5.41) is 14.3. The maximum Gasteiger partial charge on any atom is 0.423 e. The molecule has 1 heterocycles. The molecule has 0 aliphatic carbocycles. The minimum absolute atomic E-state index is 0.151. The first-order valence-corrected chi connectivity index (χ1v) is 7.04. The fourth-order valence-electron chi connectivity index (χ4n) is 1.90. The minimum atomic E-state index is -4.79.